The smallest absolute Gasteiger partial charge is 0.193 e. The molecule has 0 aliphatic carbocycles. The molecule has 4 nitrogen and oxygen atoms in total. The van der Waals surface area contributed by atoms with Gasteiger partial charge in [0.1, 0.15) is 12.1 Å². The Morgan fingerprint density at radius 1 is 0.867 bits per heavy atom. The van der Waals surface area contributed by atoms with Crippen molar-refractivity contribution in [2.45, 2.75) is 20.3 Å². The zero-order valence-corrected chi connectivity index (χ0v) is 17.3. The molecule has 0 atom stereocenters. The lowest BCUT2D eigenvalue weighted by Crippen LogP contribution is -2.06. The first-order valence-electron chi connectivity index (χ1n) is 10.3. The summed E-state index contributed by atoms with van der Waals surface area (Å²) in [6.45, 7) is 5.30. The highest BCUT2D eigenvalue weighted by atomic mass is 16.1. The molecule has 4 heteroatoms. The molecule has 1 N–H and O–H groups in total. The summed E-state index contributed by atoms with van der Waals surface area (Å²) in [5.74, 6) is 1.53. The van der Waals surface area contributed by atoms with Gasteiger partial charge in [0.25, 0.3) is 0 Å². The van der Waals surface area contributed by atoms with Crippen LogP contribution in [0.25, 0.3) is 22.0 Å². The van der Waals surface area contributed by atoms with E-state index >= 15 is 0 Å². The fourth-order valence-corrected chi connectivity index (χ4v) is 3.43. The second-order valence-corrected chi connectivity index (χ2v) is 7.84. The molecule has 0 aliphatic rings. The number of hydrogen-bond donors (Lipinski definition) is 1. The van der Waals surface area contributed by atoms with Crippen LogP contribution in [0.3, 0.4) is 0 Å². The van der Waals surface area contributed by atoms with Crippen LogP contribution >= 0.6 is 0 Å². The number of ketones is 1. The average Bonchev–Trinajstić information content (AvgIpc) is 2.79. The first-order chi connectivity index (χ1) is 14.6. The number of rotatable bonds is 7. The van der Waals surface area contributed by atoms with Gasteiger partial charge in [-0.2, -0.15) is 0 Å². The summed E-state index contributed by atoms with van der Waals surface area (Å²) in [5, 5.41) is 4.45. The van der Waals surface area contributed by atoms with E-state index in [9.17, 15) is 4.79 Å². The van der Waals surface area contributed by atoms with Crippen molar-refractivity contribution in [2.24, 2.45) is 5.92 Å². The highest BCUT2D eigenvalue weighted by Gasteiger charge is 2.10. The third-order valence-corrected chi connectivity index (χ3v) is 5.17. The third kappa shape index (κ3) is 4.38. The first kappa shape index (κ1) is 19.8. The monoisotopic (exact) mass is 395 g/mol. The quantitative estimate of drug-likeness (QED) is 0.391. The van der Waals surface area contributed by atoms with Crippen molar-refractivity contribution in [3.63, 3.8) is 0 Å². The molecule has 1 heterocycles. The molecule has 0 aliphatic heterocycles. The van der Waals surface area contributed by atoms with Crippen LogP contribution in [0.5, 0.6) is 0 Å². The molecule has 0 radical (unpaired) electrons. The molecular formula is C26H25N3O. The predicted molar refractivity (Wildman–Crippen MR) is 123 cm³/mol. The summed E-state index contributed by atoms with van der Waals surface area (Å²) in [7, 11) is 0. The van der Waals surface area contributed by atoms with Gasteiger partial charge in [0.05, 0.1) is 5.52 Å². The van der Waals surface area contributed by atoms with Crippen LogP contribution in [-0.2, 0) is 0 Å². The van der Waals surface area contributed by atoms with E-state index in [0.29, 0.717) is 17.0 Å². The normalized spacial score (nSPS) is 11.0. The van der Waals surface area contributed by atoms with E-state index in [0.717, 1.165) is 40.8 Å². The Hall–Kier alpha value is -3.53. The Labute approximate surface area is 177 Å². The van der Waals surface area contributed by atoms with E-state index in [1.807, 2.05) is 60.7 Å². The molecule has 0 unspecified atom stereocenters. The molecule has 0 bridgehead atoms. The topological polar surface area (TPSA) is 54.9 Å². The van der Waals surface area contributed by atoms with Crippen LogP contribution in [0.2, 0.25) is 0 Å². The highest BCUT2D eigenvalue weighted by Crippen LogP contribution is 2.27. The number of carbonyl (C=O) groups is 1. The number of nitrogens with one attached hydrogen (secondary N) is 1. The maximum Gasteiger partial charge on any atom is 0.193 e. The lowest BCUT2D eigenvalue weighted by molar-refractivity contribution is 0.103. The van der Waals surface area contributed by atoms with Gasteiger partial charge in [-0.15, -0.1) is 0 Å². The minimum absolute atomic E-state index is 0.0331. The van der Waals surface area contributed by atoms with E-state index in [-0.39, 0.29) is 5.78 Å². The van der Waals surface area contributed by atoms with Gasteiger partial charge in [-0.05, 0) is 35.6 Å². The van der Waals surface area contributed by atoms with Crippen LogP contribution in [0.4, 0.5) is 5.82 Å². The van der Waals surface area contributed by atoms with E-state index in [2.05, 4.69) is 41.3 Å². The Morgan fingerprint density at radius 2 is 1.57 bits per heavy atom. The Balaban J connectivity index is 1.60. The maximum atomic E-state index is 12.6. The second kappa shape index (κ2) is 8.87. The SMILES string of the molecule is CC(C)CCNc1ncnc2ccc(-c3ccc(C(=O)c4ccccc4)cc3)cc12. The number of aromatic nitrogens is 2. The zero-order valence-electron chi connectivity index (χ0n) is 17.3. The average molecular weight is 396 g/mol. The molecular weight excluding hydrogens is 370 g/mol. The molecule has 0 spiro atoms. The zero-order chi connectivity index (χ0) is 20.9. The molecule has 3 aromatic carbocycles. The van der Waals surface area contributed by atoms with Gasteiger partial charge in [0.15, 0.2) is 5.78 Å². The fraction of sp³-hybridized carbons (Fsp3) is 0.192. The van der Waals surface area contributed by atoms with Gasteiger partial charge in [0.2, 0.25) is 0 Å². The van der Waals surface area contributed by atoms with Crippen LogP contribution in [0.1, 0.15) is 36.2 Å². The van der Waals surface area contributed by atoms with Crippen LogP contribution in [0, 0.1) is 5.92 Å². The highest BCUT2D eigenvalue weighted by molar-refractivity contribution is 6.09. The van der Waals surface area contributed by atoms with Crippen molar-refractivity contribution >= 4 is 22.5 Å². The minimum atomic E-state index is 0.0331. The van der Waals surface area contributed by atoms with Gasteiger partial charge in [0, 0.05) is 23.1 Å². The van der Waals surface area contributed by atoms with E-state index < -0.39 is 0 Å². The minimum Gasteiger partial charge on any atom is -0.369 e. The van der Waals surface area contributed by atoms with Gasteiger partial charge < -0.3 is 5.32 Å². The van der Waals surface area contributed by atoms with Crippen molar-refractivity contribution in [3.05, 3.63) is 90.3 Å². The summed E-state index contributed by atoms with van der Waals surface area (Å²) in [4.78, 5) is 21.5. The van der Waals surface area contributed by atoms with Gasteiger partial charge in [-0.3, -0.25) is 4.79 Å². The molecule has 0 amide bonds. The summed E-state index contributed by atoms with van der Waals surface area (Å²) in [6, 6.07) is 23.3. The number of fused-ring (bicyclic) bond motifs is 1. The third-order valence-electron chi connectivity index (χ3n) is 5.17. The van der Waals surface area contributed by atoms with Crippen molar-refractivity contribution in [3.8, 4) is 11.1 Å². The van der Waals surface area contributed by atoms with E-state index in [1.165, 1.54) is 0 Å². The number of hydrogen-bond acceptors (Lipinski definition) is 4. The molecule has 0 saturated heterocycles. The Morgan fingerprint density at radius 3 is 2.30 bits per heavy atom. The van der Waals surface area contributed by atoms with Crippen molar-refractivity contribution in [1.82, 2.24) is 9.97 Å². The Kier molecular flexibility index (Phi) is 5.84. The second-order valence-electron chi connectivity index (χ2n) is 7.84. The van der Waals surface area contributed by atoms with Crippen molar-refractivity contribution < 1.29 is 4.79 Å². The van der Waals surface area contributed by atoms with E-state index in [1.54, 1.807) is 6.33 Å². The molecule has 150 valence electrons. The van der Waals surface area contributed by atoms with E-state index in [4.69, 9.17) is 0 Å². The lowest BCUT2D eigenvalue weighted by Gasteiger charge is -2.11. The van der Waals surface area contributed by atoms with Crippen LogP contribution in [-0.4, -0.2) is 22.3 Å². The van der Waals surface area contributed by atoms with Gasteiger partial charge in [-0.1, -0.05) is 74.5 Å². The predicted octanol–water partition coefficient (Wildman–Crippen LogP) is 5.99. The first-order valence-corrected chi connectivity index (χ1v) is 10.3. The van der Waals surface area contributed by atoms with Gasteiger partial charge >= 0.3 is 0 Å². The molecule has 0 saturated carbocycles. The number of nitrogens with zero attached hydrogens (tertiary/aromatic N) is 2. The maximum absolute atomic E-state index is 12.6. The standard InChI is InChI=1S/C26H25N3O/c1-18(2)14-15-27-26-23-16-22(12-13-24(23)28-17-29-26)19-8-10-21(11-9-19)25(30)20-6-4-3-5-7-20/h3-13,16-18H,14-15H2,1-2H3,(H,27,28,29). The molecule has 4 rings (SSSR count). The number of benzene rings is 3. The largest absolute Gasteiger partial charge is 0.369 e. The number of carbonyl (C=O) groups excluding carboxylic acids is 1. The molecule has 4 aromatic rings. The lowest BCUT2D eigenvalue weighted by atomic mass is 9.98. The summed E-state index contributed by atoms with van der Waals surface area (Å²) < 4.78 is 0. The molecule has 30 heavy (non-hydrogen) atoms. The molecule has 1 aromatic heterocycles. The number of anilines is 1. The Bertz CT molecular complexity index is 1150. The van der Waals surface area contributed by atoms with Crippen LogP contribution < -0.4 is 5.32 Å². The van der Waals surface area contributed by atoms with Crippen molar-refractivity contribution in [2.75, 3.05) is 11.9 Å². The van der Waals surface area contributed by atoms with Crippen molar-refractivity contribution in [1.29, 1.82) is 0 Å². The molecule has 0 fully saturated rings. The summed E-state index contributed by atoms with van der Waals surface area (Å²) in [5.41, 5.74) is 4.42. The summed E-state index contributed by atoms with van der Waals surface area (Å²) >= 11 is 0. The van der Waals surface area contributed by atoms with Crippen LogP contribution in [0.15, 0.2) is 79.1 Å². The van der Waals surface area contributed by atoms with Gasteiger partial charge in [-0.25, -0.2) is 9.97 Å². The fourth-order valence-electron chi connectivity index (χ4n) is 3.43. The summed E-state index contributed by atoms with van der Waals surface area (Å²) in [6.07, 6.45) is 2.69.